The van der Waals surface area contributed by atoms with Crippen molar-refractivity contribution in [1.82, 2.24) is 19.9 Å². The number of pyridine rings is 1. The van der Waals surface area contributed by atoms with Gasteiger partial charge < -0.3 is 19.5 Å². The van der Waals surface area contributed by atoms with Crippen LogP contribution in [0.25, 0.3) is 22.6 Å². The van der Waals surface area contributed by atoms with Crippen LogP contribution in [0.4, 0.5) is 5.82 Å². The predicted octanol–water partition coefficient (Wildman–Crippen LogP) is 4.72. The first-order valence-corrected chi connectivity index (χ1v) is 11.2. The normalized spacial score (nSPS) is 14.8. The fourth-order valence-corrected chi connectivity index (χ4v) is 4.22. The molecule has 0 aliphatic carbocycles. The summed E-state index contributed by atoms with van der Waals surface area (Å²) in [6.45, 7) is 4.62. The van der Waals surface area contributed by atoms with Gasteiger partial charge in [0.05, 0.1) is 9.99 Å². The van der Waals surface area contributed by atoms with E-state index in [2.05, 4.69) is 62.0 Å². The van der Waals surface area contributed by atoms with Crippen LogP contribution in [0.5, 0.6) is 5.75 Å². The Balaban J connectivity index is 1.34. The third kappa shape index (κ3) is 4.43. The molecule has 3 heterocycles. The number of aromatic nitrogens is 3. The number of piperazine rings is 1. The summed E-state index contributed by atoms with van der Waals surface area (Å²) in [5.74, 6) is 2.59. The number of anilines is 1. The number of ether oxygens (including phenoxy) is 1. The van der Waals surface area contributed by atoms with Crippen molar-refractivity contribution in [2.45, 2.75) is 6.61 Å². The van der Waals surface area contributed by atoms with Crippen LogP contribution in [0.3, 0.4) is 0 Å². The average molecular weight is 478 g/mol. The minimum Gasteiger partial charge on any atom is -0.488 e. The molecule has 4 aromatic rings. The number of nitrogens with zero attached hydrogens (tertiary/aromatic N) is 4. The molecular formula is C24H24BrN5O. The van der Waals surface area contributed by atoms with Gasteiger partial charge in [0.25, 0.3) is 0 Å². The van der Waals surface area contributed by atoms with Gasteiger partial charge in [-0.25, -0.2) is 9.97 Å². The highest BCUT2D eigenvalue weighted by atomic mass is 79.9. The number of fused-ring (bicyclic) bond motifs is 1. The summed E-state index contributed by atoms with van der Waals surface area (Å²) in [7, 11) is 2.16. The van der Waals surface area contributed by atoms with Crippen LogP contribution in [0, 0.1) is 0 Å². The Morgan fingerprint density at radius 1 is 0.968 bits per heavy atom. The van der Waals surface area contributed by atoms with E-state index in [1.807, 2.05) is 36.4 Å². The maximum atomic E-state index is 5.96. The number of aromatic amines is 1. The third-order valence-corrected chi connectivity index (χ3v) is 6.22. The number of halogens is 1. The molecular weight excluding hydrogens is 454 g/mol. The molecule has 6 nitrogen and oxygen atoms in total. The monoisotopic (exact) mass is 477 g/mol. The van der Waals surface area contributed by atoms with Gasteiger partial charge in [-0.1, -0.05) is 30.3 Å². The lowest BCUT2D eigenvalue weighted by atomic mass is 10.2. The highest BCUT2D eigenvalue weighted by Gasteiger charge is 2.17. The molecule has 0 unspecified atom stereocenters. The summed E-state index contributed by atoms with van der Waals surface area (Å²) < 4.78 is 6.86. The van der Waals surface area contributed by atoms with Crippen molar-refractivity contribution in [2.24, 2.45) is 0 Å². The molecule has 5 rings (SSSR count). The summed E-state index contributed by atoms with van der Waals surface area (Å²) in [4.78, 5) is 17.6. The molecule has 1 saturated heterocycles. The zero-order valence-corrected chi connectivity index (χ0v) is 19.0. The Labute approximate surface area is 190 Å². The van der Waals surface area contributed by atoms with Gasteiger partial charge in [0.15, 0.2) is 5.65 Å². The summed E-state index contributed by atoms with van der Waals surface area (Å²) in [5, 5.41) is 0. The zero-order valence-electron chi connectivity index (χ0n) is 17.4. The number of imidazole rings is 1. The van der Waals surface area contributed by atoms with Gasteiger partial charge in [-0.15, -0.1) is 0 Å². The Hall–Kier alpha value is -2.90. The van der Waals surface area contributed by atoms with Crippen molar-refractivity contribution < 1.29 is 4.74 Å². The van der Waals surface area contributed by atoms with E-state index in [1.165, 1.54) is 0 Å². The van der Waals surface area contributed by atoms with Crippen molar-refractivity contribution in [1.29, 1.82) is 0 Å². The molecule has 31 heavy (non-hydrogen) atoms. The van der Waals surface area contributed by atoms with E-state index >= 15 is 0 Å². The molecule has 0 spiro atoms. The van der Waals surface area contributed by atoms with Gasteiger partial charge >= 0.3 is 0 Å². The molecule has 2 aromatic heterocycles. The lowest BCUT2D eigenvalue weighted by Crippen LogP contribution is -2.44. The van der Waals surface area contributed by atoms with Crippen LogP contribution in [0.1, 0.15) is 5.56 Å². The number of benzene rings is 2. The molecule has 0 amide bonds. The van der Waals surface area contributed by atoms with Gasteiger partial charge in [-0.3, -0.25) is 0 Å². The zero-order chi connectivity index (χ0) is 21.2. The van der Waals surface area contributed by atoms with E-state index in [-0.39, 0.29) is 0 Å². The van der Waals surface area contributed by atoms with Crippen LogP contribution in [0.2, 0.25) is 0 Å². The Morgan fingerprint density at radius 2 is 1.77 bits per heavy atom. The van der Waals surface area contributed by atoms with Gasteiger partial charge in [0.2, 0.25) is 0 Å². The summed E-state index contributed by atoms with van der Waals surface area (Å²) in [6.07, 6.45) is 0. The van der Waals surface area contributed by atoms with Crippen LogP contribution in [0.15, 0.2) is 65.1 Å². The molecule has 1 aliphatic rings. The van der Waals surface area contributed by atoms with E-state index in [9.17, 15) is 0 Å². The minimum atomic E-state index is 0.530. The van der Waals surface area contributed by atoms with Gasteiger partial charge in [0, 0.05) is 31.7 Å². The maximum absolute atomic E-state index is 5.96. The number of hydrogen-bond donors (Lipinski definition) is 1. The first kappa shape index (κ1) is 20.0. The summed E-state index contributed by atoms with van der Waals surface area (Å²) in [5.41, 5.74) is 3.80. The summed E-state index contributed by atoms with van der Waals surface area (Å²) in [6, 6.07) is 20.3. The highest BCUT2D eigenvalue weighted by molar-refractivity contribution is 9.10. The molecule has 0 bridgehead atoms. The fourth-order valence-electron chi connectivity index (χ4n) is 3.73. The van der Waals surface area contributed by atoms with E-state index in [0.29, 0.717) is 6.61 Å². The van der Waals surface area contributed by atoms with Gasteiger partial charge in [-0.2, -0.15) is 0 Å². The molecule has 1 N–H and O–H groups in total. The maximum Gasteiger partial charge on any atom is 0.180 e. The van der Waals surface area contributed by atoms with Crippen molar-refractivity contribution in [3.63, 3.8) is 0 Å². The topological polar surface area (TPSA) is 57.3 Å². The molecule has 2 aromatic carbocycles. The Bertz CT molecular complexity index is 1190. The number of nitrogens with one attached hydrogen (secondary N) is 1. The standard InChI is InChI=1S/C24H24BrN5O/c1-29-11-13-30(14-12-29)22-10-8-20-24(27-22)28-23(26-20)18-7-9-21(19(25)15-18)31-16-17-5-3-2-4-6-17/h2-10,15H,11-14,16H2,1H3,(H,26,27,28). The quantitative estimate of drug-likeness (QED) is 0.450. The first-order valence-electron chi connectivity index (χ1n) is 10.4. The second-order valence-corrected chi connectivity index (χ2v) is 8.69. The second kappa shape index (κ2) is 8.69. The molecule has 0 atom stereocenters. The van der Waals surface area contributed by atoms with Crippen molar-refractivity contribution in [3.05, 3.63) is 70.7 Å². The summed E-state index contributed by atoms with van der Waals surface area (Å²) >= 11 is 3.64. The van der Waals surface area contributed by atoms with Crippen LogP contribution in [-0.4, -0.2) is 53.1 Å². The lowest BCUT2D eigenvalue weighted by molar-refractivity contribution is 0.304. The van der Waals surface area contributed by atoms with Crippen LogP contribution < -0.4 is 9.64 Å². The van der Waals surface area contributed by atoms with Crippen molar-refractivity contribution in [2.75, 3.05) is 38.1 Å². The van der Waals surface area contributed by atoms with Gasteiger partial charge in [0.1, 0.15) is 24.0 Å². The predicted molar refractivity (Wildman–Crippen MR) is 128 cm³/mol. The molecule has 0 radical (unpaired) electrons. The number of H-pyrrole nitrogens is 1. The van der Waals surface area contributed by atoms with Crippen LogP contribution >= 0.6 is 15.9 Å². The number of likely N-dealkylation sites (N-methyl/N-ethyl adjacent to an activating group) is 1. The first-order chi connectivity index (χ1) is 15.2. The number of rotatable bonds is 5. The Morgan fingerprint density at radius 3 is 2.55 bits per heavy atom. The van der Waals surface area contributed by atoms with Crippen molar-refractivity contribution >= 4 is 32.9 Å². The molecule has 1 aliphatic heterocycles. The van der Waals surface area contributed by atoms with E-state index in [1.54, 1.807) is 0 Å². The third-order valence-electron chi connectivity index (χ3n) is 5.60. The smallest absolute Gasteiger partial charge is 0.180 e. The lowest BCUT2D eigenvalue weighted by Gasteiger charge is -2.33. The van der Waals surface area contributed by atoms with E-state index < -0.39 is 0 Å². The van der Waals surface area contributed by atoms with Crippen LogP contribution in [-0.2, 0) is 6.61 Å². The van der Waals surface area contributed by atoms with E-state index in [4.69, 9.17) is 14.7 Å². The molecule has 7 heteroatoms. The Kier molecular flexibility index (Phi) is 5.61. The molecule has 1 fully saturated rings. The van der Waals surface area contributed by atoms with E-state index in [0.717, 1.165) is 70.3 Å². The SMILES string of the molecule is CN1CCN(c2ccc3[nH]c(-c4ccc(OCc5ccccc5)c(Br)c4)nc3n2)CC1. The molecule has 0 saturated carbocycles. The largest absolute Gasteiger partial charge is 0.488 e. The average Bonchev–Trinajstić information content (AvgIpc) is 3.23. The molecule has 158 valence electrons. The minimum absolute atomic E-state index is 0.530. The highest BCUT2D eigenvalue weighted by Crippen LogP contribution is 2.31. The second-order valence-electron chi connectivity index (χ2n) is 7.84. The fraction of sp³-hybridized carbons (Fsp3) is 0.250. The van der Waals surface area contributed by atoms with Crippen molar-refractivity contribution in [3.8, 4) is 17.1 Å². The van der Waals surface area contributed by atoms with Gasteiger partial charge in [-0.05, 0) is 58.9 Å². The number of hydrogen-bond acceptors (Lipinski definition) is 5.